The molecule has 1 aromatic rings. The Balaban J connectivity index is 1.99. The number of rotatable bonds is 5. The minimum Gasteiger partial charge on any atom is -0.337 e. The van der Waals surface area contributed by atoms with Crippen LogP contribution in [0.4, 0.5) is 4.79 Å². The Kier molecular flexibility index (Phi) is 4.29. The van der Waals surface area contributed by atoms with Crippen LogP contribution in [-0.2, 0) is 16.1 Å². The molecular weight excluding hydrogens is 260 g/mol. The fourth-order valence-corrected chi connectivity index (χ4v) is 1.94. The van der Waals surface area contributed by atoms with Crippen molar-refractivity contribution < 1.29 is 14.4 Å². The van der Waals surface area contributed by atoms with E-state index in [0.717, 1.165) is 10.5 Å². The number of likely N-dealkylation sites (N-methyl/N-ethyl adjacent to an activating group) is 1. The maximum absolute atomic E-state index is 12.2. The largest absolute Gasteiger partial charge is 0.337 e. The highest BCUT2D eigenvalue weighted by Crippen LogP contribution is 2.06. The predicted molar refractivity (Wildman–Crippen MR) is 70.4 cm³/mol. The number of imide groups is 1. The van der Waals surface area contributed by atoms with Crippen LogP contribution < -0.4 is 5.32 Å². The molecule has 1 N–H and O–H groups in total. The van der Waals surface area contributed by atoms with E-state index in [-0.39, 0.29) is 24.9 Å². The van der Waals surface area contributed by atoms with Crippen molar-refractivity contribution in [3.63, 3.8) is 0 Å². The Bertz CT molecular complexity index is 502. The molecule has 1 aliphatic rings. The molecule has 0 unspecified atom stereocenters. The van der Waals surface area contributed by atoms with Gasteiger partial charge in [0, 0.05) is 25.5 Å². The van der Waals surface area contributed by atoms with E-state index in [9.17, 15) is 14.4 Å². The molecule has 1 aliphatic heterocycles. The second kappa shape index (κ2) is 6.14. The number of nitrogens with one attached hydrogen (secondary N) is 1. The molecule has 0 aliphatic carbocycles. The summed E-state index contributed by atoms with van der Waals surface area (Å²) >= 11 is 0. The second-order valence-corrected chi connectivity index (χ2v) is 4.40. The summed E-state index contributed by atoms with van der Waals surface area (Å²) in [4.78, 5) is 41.5. The van der Waals surface area contributed by atoms with Crippen LogP contribution in [0.15, 0.2) is 24.5 Å². The monoisotopic (exact) mass is 276 g/mol. The van der Waals surface area contributed by atoms with Gasteiger partial charge in [0.1, 0.15) is 6.54 Å². The van der Waals surface area contributed by atoms with Crippen molar-refractivity contribution in [3.05, 3.63) is 30.1 Å². The van der Waals surface area contributed by atoms with Gasteiger partial charge in [0.2, 0.25) is 5.91 Å². The van der Waals surface area contributed by atoms with E-state index in [2.05, 4.69) is 10.3 Å². The number of urea groups is 1. The molecule has 1 fully saturated rings. The Hall–Kier alpha value is -2.44. The molecule has 1 saturated heterocycles. The van der Waals surface area contributed by atoms with Crippen molar-refractivity contribution in [2.45, 2.75) is 13.5 Å². The SMILES string of the molecule is CCN(Cc1ccncc1)C(=O)CN1C(=O)CNC1=O. The molecule has 4 amide bonds. The number of carbonyl (C=O) groups is 3. The maximum Gasteiger partial charge on any atom is 0.325 e. The zero-order valence-corrected chi connectivity index (χ0v) is 11.2. The van der Waals surface area contributed by atoms with E-state index in [1.807, 2.05) is 19.1 Å². The number of nitrogens with zero attached hydrogens (tertiary/aromatic N) is 3. The molecule has 0 atom stereocenters. The molecule has 106 valence electrons. The first-order valence-electron chi connectivity index (χ1n) is 6.36. The van der Waals surface area contributed by atoms with Crippen LogP contribution in [0.5, 0.6) is 0 Å². The molecule has 0 spiro atoms. The minimum absolute atomic E-state index is 0.0391. The van der Waals surface area contributed by atoms with Gasteiger partial charge >= 0.3 is 6.03 Å². The summed E-state index contributed by atoms with van der Waals surface area (Å²) in [6, 6.07) is 3.14. The first kappa shape index (κ1) is 14.0. The zero-order valence-electron chi connectivity index (χ0n) is 11.2. The topological polar surface area (TPSA) is 82.6 Å². The molecule has 7 nitrogen and oxygen atoms in total. The van der Waals surface area contributed by atoms with E-state index in [1.165, 1.54) is 0 Å². The van der Waals surface area contributed by atoms with Gasteiger partial charge in [-0.05, 0) is 24.6 Å². The molecule has 7 heteroatoms. The van der Waals surface area contributed by atoms with Crippen molar-refractivity contribution >= 4 is 17.8 Å². The Morgan fingerprint density at radius 3 is 2.65 bits per heavy atom. The lowest BCUT2D eigenvalue weighted by atomic mass is 10.2. The lowest BCUT2D eigenvalue weighted by Gasteiger charge is -2.23. The van der Waals surface area contributed by atoms with Gasteiger partial charge in [0.15, 0.2) is 0 Å². The molecule has 1 aromatic heterocycles. The highest BCUT2D eigenvalue weighted by molar-refractivity contribution is 6.04. The molecule has 0 radical (unpaired) electrons. The molecule has 20 heavy (non-hydrogen) atoms. The fraction of sp³-hybridized carbons (Fsp3) is 0.385. The average Bonchev–Trinajstić information content (AvgIpc) is 2.77. The molecular formula is C13H16N4O3. The molecule has 0 bridgehead atoms. The van der Waals surface area contributed by atoms with Crippen molar-refractivity contribution in [1.82, 2.24) is 20.1 Å². The van der Waals surface area contributed by atoms with E-state index >= 15 is 0 Å². The van der Waals surface area contributed by atoms with Crippen LogP contribution in [0.3, 0.4) is 0 Å². The van der Waals surface area contributed by atoms with Gasteiger partial charge in [-0.15, -0.1) is 0 Å². The summed E-state index contributed by atoms with van der Waals surface area (Å²) in [6.45, 7) is 2.53. The smallest absolute Gasteiger partial charge is 0.325 e. The highest BCUT2D eigenvalue weighted by Gasteiger charge is 2.31. The fourth-order valence-electron chi connectivity index (χ4n) is 1.94. The first-order chi connectivity index (χ1) is 9.61. The number of amides is 4. The van der Waals surface area contributed by atoms with Crippen molar-refractivity contribution in [3.8, 4) is 0 Å². The third kappa shape index (κ3) is 3.11. The van der Waals surface area contributed by atoms with Gasteiger partial charge in [0.05, 0.1) is 6.54 Å². The quantitative estimate of drug-likeness (QED) is 0.766. The van der Waals surface area contributed by atoms with Gasteiger partial charge in [-0.2, -0.15) is 0 Å². The summed E-state index contributed by atoms with van der Waals surface area (Å²) in [5, 5.41) is 2.39. The predicted octanol–water partition coefficient (Wildman–Crippen LogP) is -0.0181. The number of aromatic nitrogens is 1. The van der Waals surface area contributed by atoms with Gasteiger partial charge in [-0.3, -0.25) is 19.5 Å². The standard InChI is InChI=1S/C13H16N4O3/c1-2-16(8-10-3-5-14-6-4-10)12(19)9-17-11(18)7-15-13(17)20/h3-6H,2,7-9H2,1H3,(H,15,20). The number of pyridine rings is 1. The summed E-state index contributed by atoms with van der Waals surface area (Å²) in [7, 11) is 0. The van der Waals surface area contributed by atoms with Crippen molar-refractivity contribution in [2.75, 3.05) is 19.6 Å². The average molecular weight is 276 g/mol. The highest BCUT2D eigenvalue weighted by atomic mass is 16.2. The summed E-state index contributed by atoms with van der Waals surface area (Å²) in [5.74, 6) is -0.627. The molecule has 0 saturated carbocycles. The van der Waals surface area contributed by atoms with Gasteiger partial charge in [-0.1, -0.05) is 0 Å². The van der Waals surface area contributed by atoms with Gasteiger partial charge < -0.3 is 10.2 Å². The Morgan fingerprint density at radius 2 is 2.10 bits per heavy atom. The normalized spacial score (nSPS) is 14.3. The first-order valence-corrected chi connectivity index (χ1v) is 6.36. The zero-order chi connectivity index (χ0) is 14.5. The third-order valence-corrected chi connectivity index (χ3v) is 3.09. The van der Waals surface area contributed by atoms with Crippen molar-refractivity contribution in [1.29, 1.82) is 0 Å². The number of hydrogen-bond acceptors (Lipinski definition) is 4. The minimum atomic E-state index is -0.511. The second-order valence-electron chi connectivity index (χ2n) is 4.40. The van der Waals surface area contributed by atoms with Crippen LogP contribution in [0.25, 0.3) is 0 Å². The van der Waals surface area contributed by atoms with Crippen LogP contribution in [0.1, 0.15) is 12.5 Å². The van der Waals surface area contributed by atoms with E-state index in [0.29, 0.717) is 13.1 Å². The molecule has 2 heterocycles. The third-order valence-electron chi connectivity index (χ3n) is 3.09. The van der Waals surface area contributed by atoms with Crippen LogP contribution in [0, 0.1) is 0 Å². The van der Waals surface area contributed by atoms with Crippen LogP contribution >= 0.6 is 0 Å². The summed E-state index contributed by atoms with van der Waals surface area (Å²) in [5.41, 5.74) is 0.951. The maximum atomic E-state index is 12.2. The Labute approximate surface area is 116 Å². The number of carbonyl (C=O) groups excluding carboxylic acids is 3. The molecule has 2 rings (SSSR count). The van der Waals surface area contributed by atoms with Crippen LogP contribution in [0.2, 0.25) is 0 Å². The lowest BCUT2D eigenvalue weighted by Crippen LogP contribution is -2.42. The van der Waals surface area contributed by atoms with E-state index < -0.39 is 6.03 Å². The van der Waals surface area contributed by atoms with Crippen molar-refractivity contribution in [2.24, 2.45) is 0 Å². The lowest BCUT2D eigenvalue weighted by molar-refractivity contribution is -0.136. The van der Waals surface area contributed by atoms with E-state index in [1.54, 1.807) is 17.3 Å². The Morgan fingerprint density at radius 1 is 1.40 bits per heavy atom. The van der Waals surface area contributed by atoms with Crippen LogP contribution in [-0.4, -0.2) is 52.3 Å². The number of hydrogen-bond donors (Lipinski definition) is 1. The van der Waals surface area contributed by atoms with E-state index in [4.69, 9.17) is 0 Å². The van der Waals surface area contributed by atoms with Gasteiger partial charge in [0.25, 0.3) is 5.91 Å². The summed E-state index contributed by atoms with van der Waals surface area (Å²) in [6.07, 6.45) is 3.32. The molecule has 0 aromatic carbocycles. The van der Waals surface area contributed by atoms with Gasteiger partial charge in [-0.25, -0.2) is 4.79 Å². The summed E-state index contributed by atoms with van der Waals surface area (Å²) < 4.78 is 0.